The Morgan fingerprint density at radius 1 is 1.48 bits per heavy atom. The fourth-order valence-electron chi connectivity index (χ4n) is 2.04. The van der Waals surface area contributed by atoms with Gasteiger partial charge in [0.25, 0.3) is 5.56 Å². The number of azide groups is 1. The molecule has 1 aliphatic heterocycles. The molecule has 1 aromatic heterocycles. The Labute approximate surface area is 164 Å². The summed E-state index contributed by atoms with van der Waals surface area (Å²) in [5.41, 5.74) is 7.76. The average molecular weight is 343 g/mol. The molecule has 1 saturated heterocycles. The SMILES string of the molecule is Cc1cn([C@H]2C[C@H](N=[N+]=[N-])[C@@H](CO)O2)c(=O)[nH]c1=O.O=C(O)O.[Li].[Li]. The summed E-state index contributed by atoms with van der Waals surface area (Å²) < 4.78 is 6.69. The normalized spacial score (nSPS) is 20.8. The number of carboxylic acid groups (broad SMARTS) is 2. The van der Waals surface area contributed by atoms with E-state index < -0.39 is 35.8 Å². The maximum absolute atomic E-state index is 11.7. The Hall–Kier alpha value is -1.63. The minimum Gasteiger partial charge on any atom is -0.450 e. The van der Waals surface area contributed by atoms with Crippen LogP contribution in [-0.4, -0.2) is 87.5 Å². The first-order valence-corrected chi connectivity index (χ1v) is 6.34. The van der Waals surface area contributed by atoms with Crippen LogP contribution in [0.25, 0.3) is 10.4 Å². The van der Waals surface area contributed by atoms with Gasteiger partial charge in [-0.1, -0.05) is 5.11 Å². The molecule has 1 aliphatic rings. The van der Waals surface area contributed by atoms with E-state index in [1.54, 1.807) is 6.92 Å². The molecule has 0 amide bonds. The second kappa shape index (κ2) is 11.8. The standard InChI is InChI=1S/C10H13N5O4.CH2O3.2Li/c1-5-3-15(10(18)12-9(5)17)8-2-6(13-14-11)7(4-16)19-8;2-1(3)4;;/h3,6-8,16H,2,4H2,1H3,(H,12,17,18);(H2,2,3,4);;/t6-,7+,8+;;;/m0.../s1. The van der Waals surface area contributed by atoms with E-state index in [0.29, 0.717) is 5.56 Å². The number of aliphatic hydroxyl groups excluding tert-OH is 1. The number of carbonyl (C=O) groups is 1. The van der Waals surface area contributed by atoms with E-state index in [4.69, 9.17) is 30.4 Å². The Morgan fingerprint density at radius 2 is 2.04 bits per heavy atom. The minimum atomic E-state index is -1.83. The van der Waals surface area contributed by atoms with Crippen molar-refractivity contribution in [3.8, 4) is 0 Å². The Balaban J connectivity index is 0. The maximum Gasteiger partial charge on any atom is 0.503 e. The molecule has 4 N–H and O–H groups in total. The first-order chi connectivity index (χ1) is 10.8. The van der Waals surface area contributed by atoms with E-state index in [9.17, 15) is 9.59 Å². The number of hydrogen-bond acceptors (Lipinski definition) is 6. The van der Waals surface area contributed by atoms with Crippen molar-refractivity contribution in [2.75, 3.05) is 6.61 Å². The van der Waals surface area contributed by atoms with Gasteiger partial charge in [-0.05, 0) is 12.5 Å². The maximum atomic E-state index is 11.7. The van der Waals surface area contributed by atoms with Crippen molar-refractivity contribution in [2.45, 2.75) is 31.7 Å². The molecule has 0 spiro atoms. The van der Waals surface area contributed by atoms with Crippen LogP contribution in [0.1, 0.15) is 18.2 Å². The minimum absolute atomic E-state index is 0. The number of aliphatic hydroxyl groups is 1. The molecular weight excluding hydrogens is 328 g/mol. The van der Waals surface area contributed by atoms with Crippen molar-refractivity contribution in [1.82, 2.24) is 9.55 Å². The largest absolute Gasteiger partial charge is 0.503 e. The van der Waals surface area contributed by atoms with Gasteiger partial charge >= 0.3 is 11.8 Å². The fourth-order valence-corrected chi connectivity index (χ4v) is 2.04. The number of aromatic amines is 1. The van der Waals surface area contributed by atoms with Crippen LogP contribution in [0, 0.1) is 6.92 Å². The Morgan fingerprint density at radius 3 is 2.52 bits per heavy atom. The summed E-state index contributed by atoms with van der Waals surface area (Å²) >= 11 is 0. The van der Waals surface area contributed by atoms with Crippen LogP contribution < -0.4 is 11.2 Å². The van der Waals surface area contributed by atoms with Crippen molar-refractivity contribution in [3.63, 3.8) is 0 Å². The van der Waals surface area contributed by atoms with Gasteiger partial charge in [-0.3, -0.25) is 14.3 Å². The van der Waals surface area contributed by atoms with Crippen molar-refractivity contribution in [1.29, 1.82) is 0 Å². The number of rotatable bonds is 3. The Kier molecular flexibility index (Phi) is 12.1. The summed E-state index contributed by atoms with van der Waals surface area (Å²) in [5.74, 6) is 0. The van der Waals surface area contributed by atoms with Gasteiger partial charge in [-0.25, -0.2) is 9.59 Å². The van der Waals surface area contributed by atoms with Gasteiger partial charge in [0.1, 0.15) is 6.23 Å². The summed E-state index contributed by atoms with van der Waals surface area (Å²) in [6.45, 7) is 1.26. The zero-order valence-electron chi connectivity index (χ0n) is 14.0. The van der Waals surface area contributed by atoms with Crippen LogP contribution in [0.4, 0.5) is 4.79 Å². The third-order valence-electron chi connectivity index (χ3n) is 3.04. The molecule has 2 heterocycles. The van der Waals surface area contributed by atoms with Gasteiger partial charge in [0, 0.05) is 60.8 Å². The van der Waals surface area contributed by atoms with Crippen LogP contribution in [0.15, 0.2) is 20.9 Å². The van der Waals surface area contributed by atoms with Gasteiger partial charge < -0.3 is 20.1 Å². The number of aromatic nitrogens is 2. The van der Waals surface area contributed by atoms with Crippen LogP contribution >= 0.6 is 0 Å². The zero-order valence-corrected chi connectivity index (χ0v) is 14.0. The number of ether oxygens (including phenoxy) is 1. The first kappa shape index (κ1) is 25.6. The molecule has 0 aliphatic carbocycles. The van der Waals surface area contributed by atoms with E-state index in [0.717, 1.165) is 0 Å². The molecule has 14 heteroatoms. The monoisotopic (exact) mass is 343 g/mol. The van der Waals surface area contributed by atoms with Gasteiger partial charge in [0.2, 0.25) is 0 Å². The van der Waals surface area contributed by atoms with E-state index in [2.05, 4.69) is 15.0 Å². The van der Waals surface area contributed by atoms with Gasteiger partial charge in [-0.15, -0.1) is 0 Å². The van der Waals surface area contributed by atoms with E-state index in [1.165, 1.54) is 10.8 Å². The molecule has 1 aromatic rings. The molecule has 2 rings (SSSR count). The molecule has 0 aromatic carbocycles. The molecule has 0 bridgehead atoms. The molecule has 12 nitrogen and oxygen atoms in total. The summed E-state index contributed by atoms with van der Waals surface area (Å²) in [5, 5.41) is 26.6. The summed E-state index contributed by atoms with van der Waals surface area (Å²) in [4.78, 5) is 36.4. The smallest absolute Gasteiger partial charge is 0.450 e. The summed E-state index contributed by atoms with van der Waals surface area (Å²) in [7, 11) is 0. The number of H-pyrrole nitrogens is 1. The van der Waals surface area contributed by atoms with E-state index in [1.807, 2.05) is 0 Å². The van der Waals surface area contributed by atoms with Gasteiger partial charge in [0.05, 0.1) is 18.8 Å². The van der Waals surface area contributed by atoms with Crippen LogP contribution in [0.2, 0.25) is 0 Å². The number of nitrogens with one attached hydrogen (secondary N) is 1. The van der Waals surface area contributed by atoms with Crippen molar-refractivity contribution in [3.05, 3.63) is 43.0 Å². The van der Waals surface area contributed by atoms with Crippen molar-refractivity contribution >= 4 is 43.9 Å². The molecule has 0 saturated carbocycles. The molecule has 25 heavy (non-hydrogen) atoms. The molecule has 128 valence electrons. The fraction of sp³-hybridized carbons (Fsp3) is 0.545. The van der Waals surface area contributed by atoms with E-state index in [-0.39, 0.29) is 50.7 Å². The second-order valence-corrected chi connectivity index (χ2v) is 4.58. The van der Waals surface area contributed by atoms with Crippen LogP contribution in [0.3, 0.4) is 0 Å². The van der Waals surface area contributed by atoms with Crippen LogP contribution in [0.5, 0.6) is 0 Å². The van der Waals surface area contributed by atoms with Crippen molar-refractivity contribution < 1.29 is 24.9 Å². The Bertz CT molecular complexity index is 726. The quantitative estimate of drug-likeness (QED) is 0.240. The topological polar surface area (TPSA) is 191 Å². The molecule has 3 atom stereocenters. The van der Waals surface area contributed by atoms with E-state index >= 15 is 0 Å². The number of aryl methyl sites for hydroxylation is 1. The summed E-state index contributed by atoms with van der Waals surface area (Å²) in [6, 6.07) is -0.542. The second-order valence-electron chi connectivity index (χ2n) is 4.58. The zero-order chi connectivity index (χ0) is 17.6. The molecule has 0 unspecified atom stereocenters. The predicted octanol–water partition coefficient (Wildman–Crippen LogP) is -0.735. The molecule has 1 fully saturated rings. The number of hydrogen-bond donors (Lipinski definition) is 4. The summed E-state index contributed by atoms with van der Waals surface area (Å²) in [6.07, 6.45) is -1.50. The predicted molar refractivity (Wildman–Crippen MR) is 86.8 cm³/mol. The van der Waals surface area contributed by atoms with Crippen LogP contribution in [-0.2, 0) is 4.74 Å². The van der Waals surface area contributed by atoms with Gasteiger partial charge in [0.15, 0.2) is 0 Å². The molecule has 2 radical (unpaired) electrons. The third-order valence-corrected chi connectivity index (χ3v) is 3.04. The number of nitrogens with zero attached hydrogens (tertiary/aromatic N) is 4. The van der Waals surface area contributed by atoms with Gasteiger partial charge in [-0.2, -0.15) is 0 Å². The third kappa shape index (κ3) is 7.42. The van der Waals surface area contributed by atoms with Crippen molar-refractivity contribution in [2.24, 2.45) is 5.11 Å². The first-order valence-electron chi connectivity index (χ1n) is 6.34. The molecular formula is C11H15Li2N5O7. The average Bonchev–Trinajstić information content (AvgIpc) is 2.85.